The third kappa shape index (κ3) is 2.53. The summed E-state index contributed by atoms with van der Waals surface area (Å²) in [6.07, 6.45) is 0. The molecule has 1 aromatic heterocycles. The molecule has 0 bridgehead atoms. The molecule has 0 aliphatic carbocycles. The van der Waals surface area contributed by atoms with Crippen molar-refractivity contribution >= 4 is 11.3 Å². The fraction of sp³-hybridized carbons (Fsp3) is 0.308. The second kappa shape index (κ2) is 4.94. The molecule has 2 rings (SSSR count). The second-order valence-corrected chi connectivity index (χ2v) is 5.02. The molecule has 0 saturated carbocycles. The molecule has 4 heteroatoms. The van der Waals surface area contributed by atoms with Crippen LogP contribution in [0.4, 0.5) is 4.39 Å². The summed E-state index contributed by atoms with van der Waals surface area (Å²) in [5.74, 6) is -0.224. The number of thiazole rings is 1. The Hall–Kier alpha value is -1.26. The van der Waals surface area contributed by atoms with Gasteiger partial charge < -0.3 is 5.32 Å². The number of nitrogens with zero attached hydrogens (tertiary/aromatic N) is 1. The van der Waals surface area contributed by atoms with E-state index in [1.54, 1.807) is 17.4 Å². The average Bonchev–Trinajstić information content (AvgIpc) is 2.70. The maximum atomic E-state index is 13.1. The Morgan fingerprint density at radius 3 is 2.82 bits per heavy atom. The Morgan fingerprint density at radius 1 is 1.41 bits per heavy atom. The molecule has 2 nitrogen and oxygen atoms in total. The highest BCUT2D eigenvalue weighted by Gasteiger charge is 2.13. The third-order valence-corrected chi connectivity index (χ3v) is 4.12. The number of hydrogen-bond donors (Lipinski definition) is 1. The van der Waals surface area contributed by atoms with Crippen LogP contribution in [0.15, 0.2) is 24.3 Å². The first kappa shape index (κ1) is 12.2. The van der Waals surface area contributed by atoms with Crippen molar-refractivity contribution in [1.82, 2.24) is 10.3 Å². The van der Waals surface area contributed by atoms with Gasteiger partial charge in [0.25, 0.3) is 0 Å². The summed E-state index contributed by atoms with van der Waals surface area (Å²) in [7, 11) is 1.92. The molecule has 1 atom stereocenters. The molecular weight excluding hydrogens is 235 g/mol. The molecule has 0 spiro atoms. The molecule has 17 heavy (non-hydrogen) atoms. The number of aryl methyl sites for hydroxylation is 1. The third-order valence-electron chi connectivity index (χ3n) is 2.73. The van der Waals surface area contributed by atoms with Gasteiger partial charge in [-0.25, -0.2) is 9.37 Å². The van der Waals surface area contributed by atoms with Crippen LogP contribution in [0.3, 0.4) is 0 Å². The highest BCUT2D eigenvalue weighted by molar-refractivity contribution is 7.15. The molecule has 90 valence electrons. The summed E-state index contributed by atoms with van der Waals surface area (Å²) < 4.78 is 13.1. The Balaban J connectivity index is 2.41. The van der Waals surface area contributed by atoms with Crippen LogP contribution in [0.2, 0.25) is 0 Å². The number of aromatic nitrogens is 1. The molecule has 1 N–H and O–H groups in total. The van der Waals surface area contributed by atoms with E-state index in [0.29, 0.717) is 0 Å². The summed E-state index contributed by atoms with van der Waals surface area (Å²) in [4.78, 5) is 5.70. The van der Waals surface area contributed by atoms with Gasteiger partial charge in [-0.2, -0.15) is 0 Å². The molecule has 1 aromatic carbocycles. The van der Waals surface area contributed by atoms with Crippen molar-refractivity contribution in [2.45, 2.75) is 19.9 Å². The van der Waals surface area contributed by atoms with Crippen molar-refractivity contribution in [1.29, 1.82) is 0 Å². The van der Waals surface area contributed by atoms with Crippen molar-refractivity contribution in [3.63, 3.8) is 0 Å². The number of rotatable bonds is 3. The zero-order valence-electron chi connectivity index (χ0n) is 10.1. The van der Waals surface area contributed by atoms with E-state index in [9.17, 15) is 4.39 Å². The van der Waals surface area contributed by atoms with E-state index in [0.717, 1.165) is 16.3 Å². The fourth-order valence-corrected chi connectivity index (χ4v) is 2.81. The van der Waals surface area contributed by atoms with Crippen molar-refractivity contribution in [2.24, 2.45) is 0 Å². The molecule has 0 radical (unpaired) electrons. The van der Waals surface area contributed by atoms with Crippen molar-refractivity contribution < 1.29 is 4.39 Å². The highest BCUT2D eigenvalue weighted by atomic mass is 32.1. The van der Waals surface area contributed by atoms with Crippen molar-refractivity contribution in [2.75, 3.05) is 7.05 Å². The minimum absolute atomic E-state index is 0.224. The van der Waals surface area contributed by atoms with E-state index in [2.05, 4.69) is 17.2 Å². The smallest absolute Gasteiger partial charge is 0.124 e. The number of nitrogens with one attached hydrogen (secondary N) is 1. The SMILES string of the molecule is CNC(C)c1sc(-c2cccc(F)c2)nc1C. The standard InChI is InChI=1S/C13H15FN2S/c1-8(15-3)12-9(2)16-13(17-12)10-5-4-6-11(14)7-10/h4-8,15H,1-3H3. The van der Waals surface area contributed by atoms with Gasteiger partial charge in [-0.3, -0.25) is 0 Å². The van der Waals surface area contributed by atoms with Gasteiger partial charge in [0.05, 0.1) is 5.69 Å². The van der Waals surface area contributed by atoms with Crippen LogP contribution in [0, 0.1) is 12.7 Å². The Morgan fingerprint density at radius 2 is 2.18 bits per heavy atom. The highest BCUT2D eigenvalue weighted by Crippen LogP contribution is 2.31. The van der Waals surface area contributed by atoms with Gasteiger partial charge in [-0.1, -0.05) is 12.1 Å². The summed E-state index contributed by atoms with van der Waals surface area (Å²) in [6.45, 7) is 4.08. The van der Waals surface area contributed by atoms with Crippen LogP contribution in [0.25, 0.3) is 10.6 Å². The first-order chi connectivity index (χ1) is 8.11. The van der Waals surface area contributed by atoms with Gasteiger partial charge in [0, 0.05) is 16.5 Å². The molecule has 0 saturated heterocycles. The maximum Gasteiger partial charge on any atom is 0.124 e. The van der Waals surface area contributed by atoms with E-state index in [4.69, 9.17) is 0 Å². The van der Waals surface area contributed by atoms with E-state index < -0.39 is 0 Å². The number of benzene rings is 1. The molecule has 0 fully saturated rings. The van der Waals surface area contributed by atoms with Gasteiger partial charge in [0.2, 0.25) is 0 Å². The molecule has 1 heterocycles. The quantitative estimate of drug-likeness (QED) is 0.901. The fourth-order valence-electron chi connectivity index (χ4n) is 1.69. The largest absolute Gasteiger partial charge is 0.312 e. The van der Waals surface area contributed by atoms with Gasteiger partial charge in [-0.15, -0.1) is 11.3 Å². The lowest BCUT2D eigenvalue weighted by Gasteiger charge is -2.06. The molecule has 0 amide bonds. The van der Waals surface area contributed by atoms with Crippen molar-refractivity contribution in [3.8, 4) is 10.6 Å². The average molecular weight is 250 g/mol. The minimum atomic E-state index is -0.224. The maximum absolute atomic E-state index is 13.1. The zero-order chi connectivity index (χ0) is 12.4. The molecule has 0 aliphatic rings. The molecule has 1 unspecified atom stereocenters. The van der Waals surface area contributed by atoms with E-state index in [-0.39, 0.29) is 11.9 Å². The first-order valence-electron chi connectivity index (χ1n) is 5.52. The molecular formula is C13H15FN2S. The van der Waals surface area contributed by atoms with Crippen LogP contribution < -0.4 is 5.32 Å². The Labute approximate surface area is 105 Å². The Bertz CT molecular complexity index is 522. The monoisotopic (exact) mass is 250 g/mol. The van der Waals surface area contributed by atoms with Gasteiger partial charge in [0.1, 0.15) is 10.8 Å². The first-order valence-corrected chi connectivity index (χ1v) is 6.34. The predicted molar refractivity (Wildman–Crippen MR) is 69.7 cm³/mol. The molecule has 0 aliphatic heterocycles. The summed E-state index contributed by atoms with van der Waals surface area (Å²) in [5.41, 5.74) is 1.85. The lowest BCUT2D eigenvalue weighted by Crippen LogP contribution is -2.11. The van der Waals surface area contributed by atoms with Crippen LogP contribution in [-0.4, -0.2) is 12.0 Å². The summed E-state index contributed by atoms with van der Waals surface area (Å²) in [5, 5.41) is 4.07. The number of halogens is 1. The lowest BCUT2D eigenvalue weighted by atomic mass is 10.2. The zero-order valence-corrected chi connectivity index (χ0v) is 10.9. The minimum Gasteiger partial charge on any atom is -0.312 e. The molecule has 2 aromatic rings. The van der Waals surface area contributed by atoms with Crippen LogP contribution in [0.5, 0.6) is 0 Å². The second-order valence-electron chi connectivity index (χ2n) is 3.99. The van der Waals surface area contributed by atoms with Crippen LogP contribution >= 0.6 is 11.3 Å². The Kier molecular flexibility index (Phi) is 3.54. The number of hydrogen-bond acceptors (Lipinski definition) is 3. The van der Waals surface area contributed by atoms with Gasteiger partial charge >= 0.3 is 0 Å². The van der Waals surface area contributed by atoms with Crippen LogP contribution in [-0.2, 0) is 0 Å². The van der Waals surface area contributed by atoms with Gasteiger partial charge in [0.15, 0.2) is 0 Å². The van der Waals surface area contributed by atoms with Crippen LogP contribution in [0.1, 0.15) is 23.5 Å². The summed E-state index contributed by atoms with van der Waals surface area (Å²) in [6, 6.07) is 6.83. The topological polar surface area (TPSA) is 24.9 Å². The van der Waals surface area contributed by atoms with Gasteiger partial charge in [-0.05, 0) is 33.0 Å². The van der Waals surface area contributed by atoms with Crippen molar-refractivity contribution in [3.05, 3.63) is 40.7 Å². The lowest BCUT2D eigenvalue weighted by molar-refractivity contribution is 0.628. The van der Waals surface area contributed by atoms with E-state index in [1.807, 2.05) is 20.0 Å². The normalized spacial score (nSPS) is 12.7. The van der Waals surface area contributed by atoms with E-state index >= 15 is 0 Å². The predicted octanol–water partition coefficient (Wildman–Crippen LogP) is 3.54. The van der Waals surface area contributed by atoms with E-state index in [1.165, 1.54) is 17.0 Å². The summed E-state index contributed by atoms with van der Waals surface area (Å²) >= 11 is 1.61.